The monoisotopic (exact) mass is 1110 g/mol. The van der Waals surface area contributed by atoms with Crippen LogP contribution in [-0.4, -0.2) is 140 Å². The lowest BCUT2D eigenvalue weighted by atomic mass is 9.83. The third-order valence-corrected chi connectivity index (χ3v) is 18.5. The maximum Gasteiger partial charge on any atom is 0.319 e. The molecule has 2 bridgehead atoms. The van der Waals surface area contributed by atoms with Gasteiger partial charge < -0.3 is 44.8 Å². The second kappa shape index (κ2) is 22.6. The SMILES string of the molecule is CCc1cccc2cc(O)cc(-c3ncc4c(N5CC6CCC(C5)N6)nc(OCCN5CC(CC6CCN(c7cc([C@H](C(=O)N8C[C@H](O)C[C@H]8C(=O)N[C@@H](C)c8ccc(-c9scnc9C)cc8)C(C)C)on7)CC6)C5)nc4c3F)c12. The number of phenols is 1. The third kappa shape index (κ3) is 10.8. The maximum absolute atomic E-state index is 17.1. The Balaban J connectivity index is 0.640. The number of phenolic OH excluding ortho intramolecular Hbond substituents is 1. The zero-order valence-corrected chi connectivity index (χ0v) is 47.1. The fraction of sp³-hybridized carbons (Fsp3) is 0.492. The van der Waals surface area contributed by atoms with E-state index in [1.165, 1.54) is 4.90 Å². The lowest BCUT2D eigenvalue weighted by molar-refractivity contribution is -0.141. The molecule has 17 nitrogen and oxygen atoms in total. The van der Waals surface area contributed by atoms with Crippen molar-refractivity contribution in [1.29, 1.82) is 0 Å². The number of rotatable bonds is 17. The van der Waals surface area contributed by atoms with E-state index in [2.05, 4.69) is 42.4 Å². The van der Waals surface area contributed by atoms with Gasteiger partial charge in [0, 0.05) is 88.7 Å². The number of piperidine rings is 1. The Bertz CT molecular complexity index is 3380. The van der Waals surface area contributed by atoms with Crippen LogP contribution in [0.3, 0.4) is 0 Å². The number of pyridine rings is 1. The Morgan fingerprint density at radius 3 is 2.44 bits per heavy atom. The van der Waals surface area contributed by atoms with Gasteiger partial charge in [-0.05, 0) is 110 Å². The van der Waals surface area contributed by atoms with Crippen LogP contribution < -0.4 is 25.2 Å². The predicted octanol–water partition coefficient (Wildman–Crippen LogP) is 8.81. The number of β-amino-alcohol motifs (C(OH)–C–C–N with tert-alkyl or cyclic N) is 1. The summed E-state index contributed by atoms with van der Waals surface area (Å²) in [7, 11) is 0. The Morgan fingerprint density at radius 1 is 0.938 bits per heavy atom. The molecule has 0 radical (unpaired) electrons. The molecular weight excluding hydrogens is 1030 g/mol. The van der Waals surface area contributed by atoms with Gasteiger partial charge in [-0.25, -0.2) is 9.37 Å². The van der Waals surface area contributed by atoms with Gasteiger partial charge in [0.1, 0.15) is 41.3 Å². The number of carbonyl (C=O) groups excluding carboxylic acids is 2. The van der Waals surface area contributed by atoms with Gasteiger partial charge in [0.25, 0.3) is 0 Å². The summed E-state index contributed by atoms with van der Waals surface area (Å²) in [5.74, 6) is 1.08. The van der Waals surface area contributed by atoms with Crippen molar-refractivity contribution in [3.63, 3.8) is 0 Å². The van der Waals surface area contributed by atoms with Crippen LogP contribution in [0.15, 0.2) is 76.9 Å². The summed E-state index contributed by atoms with van der Waals surface area (Å²) in [6, 6.07) is 18.9. The zero-order chi connectivity index (χ0) is 55.3. The Hall–Kier alpha value is -6.80. The fourth-order valence-electron chi connectivity index (χ4n) is 13.3. The van der Waals surface area contributed by atoms with Crippen molar-refractivity contribution in [2.45, 2.75) is 116 Å². The molecule has 0 spiro atoms. The molecule has 5 saturated heterocycles. The number of likely N-dealkylation sites (tertiary alicyclic amines) is 2. The number of amides is 2. The number of aliphatic hydroxyl groups excluding tert-OH is 1. The minimum Gasteiger partial charge on any atom is -0.508 e. The summed E-state index contributed by atoms with van der Waals surface area (Å²) in [5, 5.41) is 35.1. The number of aromatic hydroxyl groups is 1. The normalized spacial score (nSPS) is 21.7. The average molecular weight is 1110 g/mol. The molecule has 12 rings (SSSR count). The first-order valence-corrected chi connectivity index (χ1v) is 29.6. The first kappa shape index (κ1) is 53.8. The average Bonchev–Trinajstić information content (AvgIpc) is 4.30. The van der Waals surface area contributed by atoms with E-state index in [4.69, 9.17) is 24.2 Å². The molecule has 3 aromatic carbocycles. The van der Waals surface area contributed by atoms with Gasteiger partial charge in [-0.3, -0.25) is 19.5 Å². The molecule has 6 atom stereocenters. The summed E-state index contributed by atoms with van der Waals surface area (Å²) >= 11 is 1.59. The predicted molar refractivity (Wildman–Crippen MR) is 307 cm³/mol. The molecule has 0 saturated carbocycles. The Labute approximate surface area is 469 Å². The van der Waals surface area contributed by atoms with Gasteiger partial charge in [-0.15, -0.1) is 11.3 Å². The molecule has 4 aromatic heterocycles. The molecular formula is C61H72FN11O6S. The minimum atomic E-state index is -0.817. The smallest absolute Gasteiger partial charge is 0.319 e. The first-order chi connectivity index (χ1) is 38.7. The maximum atomic E-state index is 17.1. The molecule has 2 amide bonds. The van der Waals surface area contributed by atoms with Gasteiger partial charge in [0.05, 0.1) is 33.6 Å². The van der Waals surface area contributed by atoms with Gasteiger partial charge in [0.15, 0.2) is 17.4 Å². The van der Waals surface area contributed by atoms with E-state index in [-0.39, 0.29) is 59.7 Å². The highest BCUT2D eigenvalue weighted by atomic mass is 32.1. The largest absolute Gasteiger partial charge is 0.508 e. The number of fused-ring (bicyclic) bond motifs is 4. The standard InChI is InChI=1S/C61H72FN11O6S/c1-6-39-8-7-9-42-23-45(74)24-47(53(39)42)55-54(62)56-48(27-63-55)58(72-30-43-14-15-44(31-72)66-43)68-61(67-56)78-21-20-70-28-38(29-70)22-37-16-18-71(19-17-37)51-26-50(79-69-51)52(34(2)3)60(77)73-32-46(75)25-49(73)59(76)65-35(4)40-10-12-41(13-11-40)57-36(5)64-33-80-57/h7-13,23-24,26-27,33-35,37-38,43-44,46,49,52,66,74-75H,6,14-22,25,28-32H2,1-5H3,(H,65,76)/t35-,43?,44?,46+,49-,52+/m0/s1. The molecule has 5 fully saturated rings. The van der Waals surface area contributed by atoms with Crippen LogP contribution in [0.4, 0.5) is 16.0 Å². The summed E-state index contributed by atoms with van der Waals surface area (Å²) in [6.07, 6.45) is 7.13. The molecule has 7 aromatic rings. The van der Waals surface area contributed by atoms with Gasteiger partial charge >= 0.3 is 6.01 Å². The lowest BCUT2D eigenvalue weighted by Gasteiger charge is -2.42. The van der Waals surface area contributed by atoms with E-state index in [1.807, 2.05) is 81.7 Å². The second-order valence-electron chi connectivity index (χ2n) is 23.4. The molecule has 5 aliphatic heterocycles. The fourth-order valence-corrected chi connectivity index (χ4v) is 14.1. The van der Waals surface area contributed by atoms with Gasteiger partial charge in [0.2, 0.25) is 11.8 Å². The molecule has 5 aliphatic rings. The summed E-state index contributed by atoms with van der Waals surface area (Å²) < 4.78 is 29.4. The van der Waals surface area contributed by atoms with Crippen molar-refractivity contribution >= 4 is 56.5 Å². The molecule has 9 heterocycles. The van der Waals surface area contributed by atoms with Gasteiger partial charge in [-0.2, -0.15) is 9.97 Å². The van der Waals surface area contributed by atoms with E-state index >= 15 is 4.39 Å². The number of anilines is 2. The quantitative estimate of drug-likeness (QED) is 0.0674. The molecule has 2 unspecified atom stereocenters. The highest BCUT2D eigenvalue weighted by Gasteiger charge is 2.44. The van der Waals surface area contributed by atoms with E-state index in [9.17, 15) is 19.8 Å². The number of piperazine rings is 1. The number of nitrogens with zero attached hydrogens (tertiary/aromatic N) is 9. The van der Waals surface area contributed by atoms with Crippen LogP contribution in [0.25, 0.3) is 43.4 Å². The molecule has 19 heteroatoms. The highest BCUT2D eigenvalue weighted by Crippen LogP contribution is 2.40. The highest BCUT2D eigenvalue weighted by molar-refractivity contribution is 7.13. The molecule has 420 valence electrons. The number of halogens is 1. The topological polar surface area (TPSA) is 198 Å². The third-order valence-electron chi connectivity index (χ3n) is 17.5. The summed E-state index contributed by atoms with van der Waals surface area (Å²) in [6.45, 7) is 16.2. The van der Waals surface area contributed by atoms with Crippen molar-refractivity contribution in [1.82, 2.24) is 45.5 Å². The van der Waals surface area contributed by atoms with E-state index < -0.39 is 23.9 Å². The summed E-state index contributed by atoms with van der Waals surface area (Å²) in [4.78, 5) is 56.5. The van der Waals surface area contributed by atoms with Gasteiger partial charge in [-0.1, -0.05) is 68.4 Å². The lowest BCUT2D eigenvalue weighted by Crippen LogP contribution is -2.51. The van der Waals surface area contributed by atoms with Crippen LogP contribution >= 0.6 is 11.3 Å². The first-order valence-electron chi connectivity index (χ1n) is 28.7. The van der Waals surface area contributed by atoms with Crippen molar-refractivity contribution in [2.75, 3.05) is 68.8 Å². The van der Waals surface area contributed by atoms with Crippen molar-refractivity contribution in [2.24, 2.45) is 17.8 Å². The number of aliphatic hydroxyl groups is 1. The van der Waals surface area contributed by atoms with E-state index in [1.54, 1.807) is 29.7 Å². The number of thiazole rings is 1. The van der Waals surface area contributed by atoms with Crippen LogP contribution in [0.1, 0.15) is 101 Å². The Morgan fingerprint density at radius 2 is 1.71 bits per heavy atom. The van der Waals surface area contributed by atoms with Crippen molar-refractivity contribution in [3.05, 3.63) is 101 Å². The number of nitrogens with one attached hydrogen (secondary N) is 2. The number of aromatic nitrogens is 5. The number of ether oxygens (including phenoxy) is 1. The second-order valence-corrected chi connectivity index (χ2v) is 24.2. The van der Waals surface area contributed by atoms with Crippen LogP contribution in [-0.2, 0) is 16.0 Å². The van der Waals surface area contributed by atoms with Crippen LogP contribution in [0.5, 0.6) is 11.8 Å². The Kier molecular flexibility index (Phi) is 15.2. The number of hydrogen-bond acceptors (Lipinski definition) is 16. The van der Waals surface area contributed by atoms with Crippen molar-refractivity contribution in [3.8, 4) is 33.5 Å². The number of hydrogen-bond donors (Lipinski definition) is 4. The minimum absolute atomic E-state index is 0.0437. The molecule has 4 N–H and O–H groups in total. The summed E-state index contributed by atoms with van der Waals surface area (Å²) in [5.41, 5.74) is 6.68. The zero-order valence-electron chi connectivity index (χ0n) is 46.3. The van der Waals surface area contributed by atoms with E-state index in [0.29, 0.717) is 65.4 Å². The van der Waals surface area contributed by atoms with E-state index in [0.717, 1.165) is 116 Å². The molecule has 0 aliphatic carbocycles. The van der Waals surface area contributed by atoms with Crippen LogP contribution in [0, 0.1) is 30.5 Å². The number of carbonyl (C=O) groups is 2. The molecule has 80 heavy (non-hydrogen) atoms. The number of aryl methyl sites for hydroxylation is 2. The van der Waals surface area contributed by atoms with Crippen molar-refractivity contribution < 1.29 is 33.5 Å². The van der Waals surface area contributed by atoms with Crippen LogP contribution in [0.2, 0.25) is 0 Å². The number of benzene rings is 3.